The average Bonchev–Trinajstić information content (AvgIpc) is 3.62. The highest BCUT2D eigenvalue weighted by molar-refractivity contribution is 7.99. The van der Waals surface area contributed by atoms with E-state index >= 15 is 0 Å². The highest BCUT2D eigenvalue weighted by Crippen LogP contribution is 2.51. The lowest BCUT2D eigenvalue weighted by atomic mass is 9.73. The zero-order valence-corrected chi connectivity index (χ0v) is 26.8. The minimum Gasteiger partial charge on any atom is -0.482 e. The molecule has 0 saturated carbocycles. The van der Waals surface area contributed by atoms with Gasteiger partial charge in [0.15, 0.2) is 18.1 Å². The largest absolute Gasteiger partial charge is 0.482 e. The number of carboxylic acids is 1. The van der Waals surface area contributed by atoms with Gasteiger partial charge in [-0.3, -0.25) is 0 Å². The number of imidazole rings is 1. The number of aromatic nitrogens is 4. The van der Waals surface area contributed by atoms with Gasteiger partial charge in [-0.1, -0.05) is 59.8 Å². The minimum absolute atomic E-state index is 0.0333. The molecule has 10 nitrogen and oxygen atoms in total. The molecule has 4 N–H and O–H groups in total. The third-order valence-electron chi connectivity index (χ3n) is 9.11. The SMILES string of the molecule is Cc1nc(N2CCC3(CC2)Cc2ccccc2[C@H]3N)c(CO)nc1Sc1ccn2cc(-c3cccc(OCC(=O)O)c3)nc2c1Cl. The van der Waals surface area contributed by atoms with E-state index in [1.54, 1.807) is 18.2 Å². The molecule has 1 aliphatic carbocycles. The van der Waals surface area contributed by atoms with Gasteiger partial charge < -0.3 is 30.0 Å². The number of hydrogen-bond donors (Lipinski definition) is 3. The second-order valence-corrected chi connectivity index (χ2v) is 13.3. The quantitative estimate of drug-likeness (QED) is 0.191. The standard InChI is InChI=1S/C34H33ClN6O4S/c1-20-33(39-26(18-42)31(37-20)40-13-10-34(11-14-40)16-22-5-2-3-8-24(22)30(34)36)46-27-9-12-41-17-25(38-32(41)29(27)35)21-6-4-7-23(15-21)45-19-28(43)44/h2-9,12,15,17,30,42H,10-11,13-14,16,18-19,36H2,1H3,(H,43,44)/t30-/m1/s1. The van der Waals surface area contributed by atoms with Crippen molar-refractivity contribution in [1.82, 2.24) is 19.4 Å². The molecule has 0 bridgehead atoms. The van der Waals surface area contributed by atoms with Crippen molar-refractivity contribution in [2.75, 3.05) is 24.6 Å². The zero-order chi connectivity index (χ0) is 32.0. The summed E-state index contributed by atoms with van der Waals surface area (Å²) < 4.78 is 7.16. The number of nitrogens with two attached hydrogens (primary N) is 1. The maximum atomic E-state index is 10.9. The highest BCUT2D eigenvalue weighted by Gasteiger charge is 2.46. The predicted molar refractivity (Wildman–Crippen MR) is 177 cm³/mol. The fourth-order valence-electron chi connectivity index (χ4n) is 6.66. The number of fused-ring (bicyclic) bond motifs is 2. The van der Waals surface area contributed by atoms with Gasteiger partial charge in [0.2, 0.25) is 0 Å². The number of aliphatic hydroxyl groups is 1. The van der Waals surface area contributed by atoms with E-state index in [2.05, 4.69) is 29.2 Å². The summed E-state index contributed by atoms with van der Waals surface area (Å²) in [6.07, 6.45) is 6.64. The highest BCUT2D eigenvalue weighted by atomic mass is 35.5. The molecule has 12 heteroatoms. The molecule has 1 saturated heterocycles. The first-order valence-electron chi connectivity index (χ1n) is 15.1. The number of benzene rings is 2. The molecule has 5 aromatic rings. The number of hydrogen-bond acceptors (Lipinski definition) is 9. The molecule has 4 heterocycles. The first-order chi connectivity index (χ1) is 22.2. The van der Waals surface area contributed by atoms with Crippen molar-refractivity contribution >= 4 is 40.8 Å². The van der Waals surface area contributed by atoms with Crippen LogP contribution in [-0.2, 0) is 17.8 Å². The van der Waals surface area contributed by atoms with Crippen LogP contribution >= 0.6 is 23.4 Å². The number of ether oxygens (including phenoxy) is 1. The first kappa shape index (κ1) is 30.5. The lowest BCUT2D eigenvalue weighted by molar-refractivity contribution is -0.139. The Bertz CT molecular complexity index is 1960. The predicted octanol–water partition coefficient (Wildman–Crippen LogP) is 5.70. The Morgan fingerprint density at radius 1 is 1.13 bits per heavy atom. The van der Waals surface area contributed by atoms with E-state index in [1.165, 1.54) is 22.9 Å². The Morgan fingerprint density at radius 2 is 1.93 bits per heavy atom. The number of carbonyl (C=O) groups is 1. The molecular weight excluding hydrogens is 624 g/mol. The summed E-state index contributed by atoms with van der Waals surface area (Å²) in [5.41, 5.74) is 12.8. The summed E-state index contributed by atoms with van der Waals surface area (Å²) in [5, 5.41) is 20.4. The zero-order valence-electron chi connectivity index (χ0n) is 25.2. The van der Waals surface area contributed by atoms with Gasteiger partial charge in [-0.15, -0.1) is 0 Å². The van der Waals surface area contributed by atoms with Crippen LogP contribution in [-0.4, -0.2) is 55.2 Å². The Kier molecular flexibility index (Phi) is 8.10. The third-order valence-corrected chi connectivity index (χ3v) is 10.7. The summed E-state index contributed by atoms with van der Waals surface area (Å²) in [6, 6.07) is 17.6. The van der Waals surface area contributed by atoms with Crippen molar-refractivity contribution in [2.45, 2.75) is 48.8 Å². The van der Waals surface area contributed by atoms with E-state index in [0.717, 1.165) is 54.3 Å². The van der Waals surface area contributed by atoms with Crippen molar-refractivity contribution in [3.8, 4) is 17.0 Å². The second-order valence-electron chi connectivity index (χ2n) is 11.9. The van der Waals surface area contributed by atoms with Crippen LogP contribution in [0.5, 0.6) is 5.75 Å². The molecule has 1 spiro atoms. The monoisotopic (exact) mass is 656 g/mol. The van der Waals surface area contributed by atoms with E-state index in [9.17, 15) is 9.90 Å². The van der Waals surface area contributed by atoms with Crippen LogP contribution in [0.3, 0.4) is 0 Å². The maximum absolute atomic E-state index is 10.9. The van der Waals surface area contributed by atoms with Crippen molar-refractivity contribution in [3.63, 3.8) is 0 Å². The molecule has 0 unspecified atom stereocenters. The normalized spacial score (nSPS) is 17.0. The molecule has 236 valence electrons. The van der Waals surface area contributed by atoms with E-state index in [-0.39, 0.29) is 18.1 Å². The van der Waals surface area contributed by atoms with Crippen LogP contribution in [0.2, 0.25) is 5.02 Å². The van der Waals surface area contributed by atoms with Crippen molar-refractivity contribution in [2.24, 2.45) is 11.1 Å². The Balaban J connectivity index is 1.10. The molecule has 1 atom stereocenters. The fourth-order valence-corrected chi connectivity index (χ4v) is 7.85. The Morgan fingerprint density at radius 3 is 2.70 bits per heavy atom. The number of nitrogens with zero attached hydrogens (tertiary/aromatic N) is 5. The number of halogens is 1. The fraction of sp³-hybridized carbons (Fsp3) is 0.294. The van der Waals surface area contributed by atoms with Crippen LogP contribution < -0.4 is 15.4 Å². The summed E-state index contributed by atoms with van der Waals surface area (Å²) in [4.78, 5) is 28.4. The third kappa shape index (κ3) is 5.57. The number of piperidine rings is 1. The molecule has 46 heavy (non-hydrogen) atoms. The van der Waals surface area contributed by atoms with Gasteiger partial charge in [-0.05, 0) is 60.9 Å². The van der Waals surface area contributed by atoms with Gasteiger partial charge in [0, 0.05) is 42.0 Å². The van der Waals surface area contributed by atoms with Gasteiger partial charge in [-0.25, -0.2) is 19.7 Å². The lowest BCUT2D eigenvalue weighted by Crippen LogP contribution is -2.45. The molecule has 3 aromatic heterocycles. The molecule has 1 aliphatic heterocycles. The molecule has 2 aromatic carbocycles. The van der Waals surface area contributed by atoms with Crippen LogP contribution in [0, 0.1) is 12.3 Å². The van der Waals surface area contributed by atoms with Crippen molar-refractivity contribution < 1.29 is 19.7 Å². The molecule has 0 radical (unpaired) electrons. The summed E-state index contributed by atoms with van der Waals surface area (Å²) in [6.45, 7) is 2.87. The number of rotatable bonds is 8. The molecule has 0 amide bonds. The summed E-state index contributed by atoms with van der Waals surface area (Å²) >= 11 is 8.27. The summed E-state index contributed by atoms with van der Waals surface area (Å²) in [5.74, 6) is 0.113. The van der Waals surface area contributed by atoms with Gasteiger partial charge in [-0.2, -0.15) is 0 Å². The van der Waals surface area contributed by atoms with Gasteiger partial charge in [0.05, 0.1) is 23.0 Å². The van der Waals surface area contributed by atoms with Gasteiger partial charge in [0.25, 0.3) is 0 Å². The van der Waals surface area contributed by atoms with E-state index < -0.39 is 12.6 Å². The van der Waals surface area contributed by atoms with Gasteiger partial charge >= 0.3 is 5.97 Å². The topological polar surface area (TPSA) is 139 Å². The van der Waals surface area contributed by atoms with Gasteiger partial charge in [0.1, 0.15) is 16.5 Å². The van der Waals surface area contributed by atoms with E-state index in [4.69, 9.17) is 42.1 Å². The molecule has 7 rings (SSSR count). The van der Waals surface area contributed by atoms with Crippen LogP contribution in [0.25, 0.3) is 16.9 Å². The van der Waals surface area contributed by atoms with E-state index in [0.29, 0.717) is 32.8 Å². The van der Waals surface area contributed by atoms with Crippen molar-refractivity contribution in [3.05, 3.63) is 94.5 Å². The molecular formula is C34H33ClN6O4S. The van der Waals surface area contributed by atoms with Crippen LogP contribution in [0.15, 0.2) is 76.9 Å². The first-order valence-corrected chi connectivity index (χ1v) is 16.3. The smallest absolute Gasteiger partial charge is 0.341 e. The van der Waals surface area contributed by atoms with Crippen molar-refractivity contribution in [1.29, 1.82) is 0 Å². The second kappa shape index (κ2) is 12.2. The number of anilines is 1. The Hall–Kier alpha value is -4.16. The summed E-state index contributed by atoms with van der Waals surface area (Å²) in [7, 11) is 0. The lowest BCUT2D eigenvalue weighted by Gasteiger charge is -2.43. The van der Waals surface area contributed by atoms with Crippen LogP contribution in [0.4, 0.5) is 5.82 Å². The van der Waals surface area contributed by atoms with E-state index in [1.807, 2.05) is 35.9 Å². The Labute approximate surface area is 275 Å². The number of aryl methyl sites for hydroxylation is 1. The maximum Gasteiger partial charge on any atom is 0.341 e. The molecule has 2 aliphatic rings. The minimum atomic E-state index is -1.05. The number of aliphatic carboxylic acids is 1. The number of pyridine rings is 1. The average molecular weight is 657 g/mol. The number of aliphatic hydroxyl groups excluding tert-OH is 1. The number of carboxylic acid groups (broad SMARTS) is 1. The molecule has 1 fully saturated rings. The van der Waals surface area contributed by atoms with Crippen LogP contribution in [0.1, 0.15) is 41.4 Å².